The Balaban J connectivity index is 1.16. The topological polar surface area (TPSA) is 27.2 Å². The van der Waals surface area contributed by atoms with Crippen LogP contribution in [0.1, 0.15) is 0 Å². The smallest absolute Gasteiger partial charge is 0.220 e. The third-order valence-corrected chi connectivity index (χ3v) is 14.6. The van der Waals surface area contributed by atoms with Crippen molar-refractivity contribution in [1.82, 2.24) is 18.5 Å². The molecule has 0 unspecified atom stereocenters. The summed E-state index contributed by atoms with van der Waals surface area (Å²) in [5.74, 6) is 0.912. The fraction of sp³-hybridized carbons (Fsp3) is 0. The molecule has 0 aliphatic carbocycles. The van der Waals surface area contributed by atoms with Gasteiger partial charge in [0.05, 0.1) is 33.1 Å². The van der Waals surface area contributed by atoms with Gasteiger partial charge in [0.1, 0.15) is 0 Å². The van der Waals surface area contributed by atoms with Crippen LogP contribution < -0.4 is 0 Å². The molecule has 11 rings (SSSR count). The molecule has 0 fully saturated rings. The number of rotatable bonds is 6. The molecule has 0 radical (unpaired) electrons. The highest BCUT2D eigenvalue weighted by Gasteiger charge is 2.33. The van der Waals surface area contributed by atoms with Gasteiger partial charge in [-0.1, -0.05) is 103 Å². The molecular weight excluding hydrogens is 677 g/mol. The zero-order valence-corrected chi connectivity index (χ0v) is 30.1. The fourth-order valence-corrected chi connectivity index (χ4v) is 12.4. The average Bonchev–Trinajstić information content (AvgIpc) is 3.89. The first-order valence-corrected chi connectivity index (χ1v) is 19.9. The van der Waals surface area contributed by atoms with Crippen molar-refractivity contribution in [3.63, 3.8) is 0 Å². The average molecular weight is 711 g/mol. The van der Waals surface area contributed by atoms with Gasteiger partial charge >= 0.3 is 0 Å². The fourth-order valence-electron chi connectivity index (χ4n) is 8.49. The maximum atomic E-state index is 5.15. The van der Waals surface area contributed by atoms with Crippen molar-refractivity contribution < 1.29 is 0 Å². The molecule has 11 aromatic rings. The Morgan fingerprint density at radius 3 is 1.54 bits per heavy atom. The highest BCUT2D eigenvalue weighted by Crippen LogP contribution is 2.73. The predicted molar refractivity (Wildman–Crippen MR) is 224 cm³/mol. The SMILES string of the molecule is c1ccc(S(c2ccccc2)(c2ccccc2)c2cccc(-n3c4ccccc4c4cc(-n5c6ccccc6n6c7ccccc7nc56)ccc43)c2)cc1. The molecule has 0 aliphatic rings. The van der Waals surface area contributed by atoms with Gasteiger partial charge in [0, 0.05) is 41.7 Å². The zero-order valence-electron chi connectivity index (χ0n) is 29.3. The van der Waals surface area contributed by atoms with E-state index in [1.807, 2.05) is 0 Å². The molecule has 256 valence electrons. The van der Waals surface area contributed by atoms with E-state index in [2.05, 4.69) is 220 Å². The summed E-state index contributed by atoms with van der Waals surface area (Å²) in [7, 11) is -1.85. The lowest BCUT2D eigenvalue weighted by molar-refractivity contribution is 1.11. The Morgan fingerprint density at radius 1 is 0.333 bits per heavy atom. The van der Waals surface area contributed by atoms with Gasteiger partial charge in [-0.25, -0.2) is 4.98 Å². The van der Waals surface area contributed by atoms with Crippen LogP contribution >= 0.6 is 10.0 Å². The summed E-state index contributed by atoms with van der Waals surface area (Å²) in [6.45, 7) is 0. The number of nitrogens with zero attached hydrogens (tertiary/aromatic N) is 4. The predicted octanol–water partition coefficient (Wildman–Crippen LogP) is 12.9. The van der Waals surface area contributed by atoms with E-state index in [9.17, 15) is 0 Å². The van der Waals surface area contributed by atoms with Crippen LogP contribution in [-0.4, -0.2) is 18.5 Å². The highest BCUT2D eigenvalue weighted by atomic mass is 32.3. The third kappa shape index (κ3) is 4.42. The van der Waals surface area contributed by atoms with E-state index in [1.54, 1.807) is 0 Å². The summed E-state index contributed by atoms with van der Waals surface area (Å²) in [4.78, 5) is 10.4. The van der Waals surface area contributed by atoms with E-state index in [0.29, 0.717) is 0 Å². The van der Waals surface area contributed by atoms with E-state index in [-0.39, 0.29) is 0 Å². The van der Waals surface area contributed by atoms with Gasteiger partial charge in [0.15, 0.2) is 0 Å². The molecule has 0 aliphatic heterocycles. The number of hydrogen-bond donors (Lipinski definition) is 0. The molecule has 0 saturated carbocycles. The molecule has 0 saturated heterocycles. The summed E-state index contributed by atoms with van der Waals surface area (Å²) in [6, 6.07) is 75.1. The molecule has 0 bridgehead atoms. The Morgan fingerprint density at radius 2 is 0.852 bits per heavy atom. The first-order valence-electron chi connectivity index (χ1n) is 18.3. The van der Waals surface area contributed by atoms with Crippen LogP contribution in [0.5, 0.6) is 0 Å². The van der Waals surface area contributed by atoms with Gasteiger partial charge < -0.3 is 4.57 Å². The van der Waals surface area contributed by atoms with Crippen molar-refractivity contribution in [2.24, 2.45) is 0 Å². The van der Waals surface area contributed by atoms with Crippen molar-refractivity contribution in [1.29, 1.82) is 0 Å². The first-order chi connectivity index (χ1) is 26.8. The number of benzene rings is 8. The summed E-state index contributed by atoms with van der Waals surface area (Å²) in [5.41, 5.74) is 8.93. The van der Waals surface area contributed by atoms with Crippen LogP contribution in [-0.2, 0) is 0 Å². The van der Waals surface area contributed by atoms with Gasteiger partial charge in [-0.05, 0) is 103 Å². The van der Waals surface area contributed by atoms with E-state index in [4.69, 9.17) is 4.98 Å². The monoisotopic (exact) mass is 710 g/mol. The minimum atomic E-state index is -1.85. The van der Waals surface area contributed by atoms with Crippen molar-refractivity contribution in [2.75, 3.05) is 0 Å². The third-order valence-electron chi connectivity index (χ3n) is 10.7. The van der Waals surface area contributed by atoms with Gasteiger partial charge in [-0.3, -0.25) is 8.97 Å². The first kappa shape index (κ1) is 30.8. The molecule has 0 atom stereocenters. The van der Waals surface area contributed by atoms with E-state index >= 15 is 0 Å². The summed E-state index contributed by atoms with van der Waals surface area (Å²) in [5, 5.41) is 2.42. The molecule has 3 aromatic heterocycles. The van der Waals surface area contributed by atoms with Crippen LogP contribution in [0.2, 0.25) is 0 Å². The van der Waals surface area contributed by atoms with E-state index in [1.165, 1.54) is 35.9 Å². The minimum absolute atomic E-state index is 0.912. The number of imidazole rings is 2. The molecular formula is C49H34N4S. The highest BCUT2D eigenvalue weighted by molar-refractivity contribution is 8.34. The lowest BCUT2D eigenvalue weighted by atomic mass is 10.1. The van der Waals surface area contributed by atoms with E-state index in [0.717, 1.165) is 44.7 Å². The largest absolute Gasteiger partial charge is 0.309 e. The molecule has 4 nitrogen and oxygen atoms in total. The Hall–Kier alpha value is -6.82. The number of fused-ring (bicyclic) bond motifs is 8. The maximum absolute atomic E-state index is 5.15. The number of hydrogen-bond acceptors (Lipinski definition) is 1. The Bertz CT molecular complexity index is 3060. The maximum Gasteiger partial charge on any atom is 0.220 e. The van der Waals surface area contributed by atoms with Gasteiger partial charge in [0.2, 0.25) is 5.78 Å². The molecule has 3 heterocycles. The van der Waals surface area contributed by atoms with Gasteiger partial charge in [-0.2, -0.15) is 0 Å². The Labute approximate surface area is 314 Å². The van der Waals surface area contributed by atoms with Crippen molar-refractivity contribution in [3.05, 3.63) is 206 Å². The van der Waals surface area contributed by atoms with Crippen LogP contribution in [0.25, 0.3) is 61.0 Å². The minimum Gasteiger partial charge on any atom is -0.309 e. The molecule has 54 heavy (non-hydrogen) atoms. The number of aromatic nitrogens is 4. The molecule has 0 spiro atoms. The summed E-state index contributed by atoms with van der Waals surface area (Å²) < 4.78 is 7.03. The second kappa shape index (κ2) is 12.1. The Kier molecular flexibility index (Phi) is 6.91. The standard InChI is InChI=1S/C49H34N4S/c1-4-18-37(19-5-1)54(38-20-6-2-7-21-38,39-22-8-3-9-23-39)40-24-16-17-35(33-40)51-44-27-12-10-25-41(44)42-34-36(31-32-45(42)51)52-47-29-14-15-30-48(47)53-46-28-13-11-26-43(46)50-49(52)53/h1-34H. The molecule has 0 N–H and O–H groups in total. The van der Waals surface area contributed by atoms with Crippen LogP contribution in [0.15, 0.2) is 226 Å². The van der Waals surface area contributed by atoms with Gasteiger partial charge in [0.25, 0.3) is 0 Å². The summed E-state index contributed by atoms with van der Waals surface area (Å²) >= 11 is 0. The molecule has 0 amide bonds. The zero-order chi connectivity index (χ0) is 35.6. The number of para-hydroxylation sites is 5. The van der Waals surface area contributed by atoms with E-state index < -0.39 is 10.0 Å². The molecule has 8 aromatic carbocycles. The van der Waals surface area contributed by atoms with Crippen LogP contribution in [0.3, 0.4) is 0 Å². The lowest BCUT2D eigenvalue weighted by Gasteiger charge is -2.42. The normalized spacial score (nSPS) is 12.4. The van der Waals surface area contributed by atoms with Gasteiger partial charge in [-0.15, -0.1) is 10.0 Å². The molecule has 5 heteroatoms. The van der Waals surface area contributed by atoms with Crippen LogP contribution in [0.4, 0.5) is 0 Å². The summed E-state index contributed by atoms with van der Waals surface area (Å²) in [6.07, 6.45) is 0. The van der Waals surface area contributed by atoms with Crippen molar-refractivity contribution >= 4 is 59.7 Å². The quantitative estimate of drug-likeness (QED) is 0.169. The van der Waals surface area contributed by atoms with Crippen molar-refractivity contribution in [3.8, 4) is 11.4 Å². The van der Waals surface area contributed by atoms with Crippen LogP contribution in [0, 0.1) is 0 Å². The van der Waals surface area contributed by atoms with Crippen molar-refractivity contribution in [2.45, 2.75) is 19.6 Å². The second-order valence-electron chi connectivity index (χ2n) is 13.7. The second-order valence-corrected chi connectivity index (χ2v) is 16.8. The lowest BCUT2D eigenvalue weighted by Crippen LogP contribution is -2.06.